The molecule has 3 atom stereocenters. The minimum Gasteiger partial charge on any atom is -0.480 e. The van der Waals surface area contributed by atoms with Gasteiger partial charge >= 0.3 is 12.1 Å². The SMILES string of the molecule is O=C(N[C@H]1CC[C@@H](C(=O)N2CCC[C@H]2C(=O)O)C1)OCC1c2ccccc2-c2ccccc21. The summed E-state index contributed by atoms with van der Waals surface area (Å²) in [6, 6.07) is 15.5. The van der Waals surface area contributed by atoms with E-state index in [1.807, 2.05) is 24.3 Å². The summed E-state index contributed by atoms with van der Waals surface area (Å²) in [6.45, 7) is 0.750. The number of carbonyl (C=O) groups excluding carboxylic acids is 2. The number of hydrogen-bond acceptors (Lipinski definition) is 4. The standard InChI is InChI=1S/C26H28N2O5/c29-24(28-13-5-10-23(28)25(30)31)16-11-12-17(14-16)27-26(32)33-15-22-20-8-3-1-6-18(20)19-7-2-4-9-21(19)22/h1-4,6-9,16-17,22-23H,5,10-15H2,(H,27,32)(H,30,31)/t16-,17+,23+/m1/s1. The zero-order valence-electron chi connectivity index (χ0n) is 18.4. The smallest absolute Gasteiger partial charge is 0.407 e. The minimum atomic E-state index is -0.938. The lowest BCUT2D eigenvalue weighted by molar-refractivity contribution is -0.149. The molecule has 1 aliphatic heterocycles. The van der Waals surface area contributed by atoms with Gasteiger partial charge in [0.2, 0.25) is 5.91 Å². The second kappa shape index (κ2) is 8.89. The third-order valence-corrected chi connectivity index (χ3v) is 7.27. The Kier molecular flexibility index (Phi) is 5.79. The van der Waals surface area contributed by atoms with Gasteiger partial charge in [-0.1, -0.05) is 48.5 Å². The Morgan fingerprint density at radius 3 is 2.30 bits per heavy atom. The number of carboxylic acids is 1. The zero-order chi connectivity index (χ0) is 22.9. The Morgan fingerprint density at radius 2 is 1.64 bits per heavy atom. The first kappa shape index (κ1) is 21.5. The first-order chi connectivity index (χ1) is 16.0. The van der Waals surface area contributed by atoms with Crippen molar-refractivity contribution in [2.24, 2.45) is 5.92 Å². The molecule has 33 heavy (non-hydrogen) atoms. The van der Waals surface area contributed by atoms with Crippen LogP contribution in [0.4, 0.5) is 4.79 Å². The number of amides is 2. The van der Waals surface area contributed by atoms with Crippen LogP contribution in [0.2, 0.25) is 0 Å². The van der Waals surface area contributed by atoms with E-state index in [1.165, 1.54) is 16.0 Å². The molecule has 172 valence electrons. The summed E-state index contributed by atoms with van der Waals surface area (Å²) in [5.41, 5.74) is 4.69. The van der Waals surface area contributed by atoms with Crippen LogP contribution in [-0.2, 0) is 14.3 Å². The highest BCUT2D eigenvalue weighted by Gasteiger charge is 2.40. The molecule has 2 aromatic carbocycles. The van der Waals surface area contributed by atoms with E-state index in [-0.39, 0.29) is 30.4 Å². The molecule has 0 bridgehead atoms. The Labute approximate surface area is 192 Å². The number of alkyl carbamates (subject to hydrolysis) is 1. The number of fused-ring (bicyclic) bond motifs is 3. The molecule has 2 aromatic rings. The Hall–Kier alpha value is -3.35. The predicted molar refractivity (Wildman–Crippen MR) is 122 cm³/mol. The summed E-state index contributed by atoms with van der Waals surface area (Å²) in [6.07, 6.45) is 2.61. The number of carbonyl (C=O) groups is 3. The summed E-state index contributed by atoms with van der Waals surface area (Å²) in [7, 11) is 0. The zero-order valence-corrected chi connectivity index (χ0v) is 18.4. The molecule has 7 heteroatoms. The van der Waals surface area contributed by atoms with Crippen LogP contribution < -0.4 is 5.32 Å². The number of hydrogen-bond donors (Lipinski definition) is 2. The minimum absolute atomic E-state index is 0.00386. The van der Waals surface area contributed by atoms with Crippen LogP contribution in [0, 0.1) is 5.92 Å². The lowest BCUT2D eigenvalue weighted by atomic mass is 9.98. The van der Waals surface area contributed by atoms with Gasteiger partial charge in [0.05, 0.1) is 0 Å². The van der Waals surface area contributed by atoms with Crippen molar-refractivity contribution in [2.45, 2.75) is 50.1 Å². The third-order valence-electron chi connectivity index (χ3n) is 7.27. The van der Waals surface area contributed by atoms with E-state index >= 15 is 0 Å². The van der Waals surface area contributed by atoms with E-state index in [0.29, 0.717) is 32.2 Å². The maximum Gasteiger partial charge on any atom is 0.407 e. The van der Waals surface area contributed by atoms with E-state index < -0.39 is 18.1 Å². The summed E-state index contributed by atoms with van der Waals surface area (Å²) >= 11 is 0. The van der Waals surface area contributed by atoms with Crippen molar-refractivity contribution in [1.82, 2.24) is 10.2 Å². The second-order valence-corrected chi connectivity index (χ2v) is 9.20. The number of carboxylic acid groups (broad SMARTS) is 1. The fraction of sp³-hybridized carbons (Fsp3) is 0.423. The van der Waals surface area contributed by atoms with Crippen molar-refractivity contribution in [3.63, 3.8) is 0 Å². The Balaban J connectivity index is 1.16. The van der Waals surface area contributed by atoms with Crippen LogP contribution in [-0.4, -0.2) is 53.2 Å². The van der Waals surface area contributed by atoms with Gasteiger partial charge in [-0.15, -0.1) is 0 Å². The van der Waals surface area contributed by atoms with Crippen molar-refractivity contribution in [3.05, 3.63) is 59.7 Å². The number of benzene rings is 2. The molecule has 3 aliphatic rings. The van der Waals surface area contributed by atoms with E-state index in [1.54, 1.807) is 0 Å². The van der Waals surface area contributed by atoms with E-state index in [0.717, 1.165) is 17.5 Å². The molecule has 0 radical (unpaired) electrons. The largest absolute Gasteiger partial charge is 0.480 e. The number of rotatable bonds is 5. The summed E-state index contributed by atoms with van der Waals surface area (Å²) in [5, 5.41) is 12.3. The topological polar surface area (TPSA) is 95.9 Å². The van der Waals surface area contributed by atoms with Gasteiger partial charge < -0.3 is 20.1 Å². The van der Waals surface area contributed by atoms with Gasteiger partial charge in [0.15, 0.2) is 0 Å². The van der Waals surface area contributed by atoms with Crippen LogP contribution in [0.25, 0.3) is 11.1 Å². The molecule has 2 aliphatic carbocycles. The summed E-state index contributed by atoms with van der Waals surface area (Å²) < 4.78 is 5.62. The van der Waals surface area contributed by atoms with Crippen molar-refractivity contribution in [3.8, 4) is 11.1 Å². The van der Waals surface area contributed by atoms with Gasteiger partial charge in [-0.3, -0.25) is 4.79 Å². The molecule has 0 spiro atoms. The monoisotopic (exact) mass is 448 g/mol. The van der Waals surface area contributed by atoms with E-state index in [9.17, 15) is 19.5 Å². The molecule has 2 N–H and O–H groups in total. The molecule has 1 saturated carbocycles. The number of ether oxygens (including phenoxy) is 1. The van der Waals surface area contributed by atoms with Gasteiger partial charge in [0, 0.05) is 24.4 Å². The average Bonchev–Trinajstić information content (AvgIpc) is 3.55. The summed E-state index contributed by atoms with van der Waals surface area (Å²) in [4.78, 5) is 38.3. The molecule has 2 fully saturated rings. The van der Waals surface area contributed by atoms with Crippen LogP contribution >= 0.6 is 0 Å². The summed E-state index contributed by atoms with van der Waals surface area (Å²) in [5.74, 6) is -1.28. The van der Waals surface area contributed by atoms with Crippen LogP contribution in [0.5, 0.6) is 0 Å². The van der Waals surface area contributed by atoms with Crippen LogP contribution in [0.3, 0.4) is 0 Å². The molecular formula is C26H28N2O5. The van der Waals surface area contributed by atoms with Gasteiger partial charge in [0.1, 0.15) is 12.6 Å². The predicted octanol–water partition coefficient (Wildman–Crippen LogP) is 3.77. The molecule has 0 unspecified atom stereocenters. The second-order valence-electron chi connectivity index (χ2n) is 9.20. The first-order valence-electron chi connectivity index (χ1n) is 11.7. The fourth-order valence-corrected chi connectivity index (χ4v) is 5.67. The van der Waals surface area contributed by atoms with Crippen LogP contribution in [0.15, 0.2) is 48.5 Å². The van der Waals surface area contributed by atoms with Gasteiger partial charge in [-0.05, 0) is 54.4 Å². The van der Waals surface area contributed by atoms with Gasteiger partial charge in [0.25, 0.3) is 0 Å². The quantitative estimate of drug-likeness (QED) is 0.726. The fourth-order valence-electron chi connectivity index (χ4n) is 5.67. The number of nitrogens with zero attached hydrogens (tertiary/aromatic N) is 1. The first-order valence-corrected chi connectivity index (χ1v) is 11.7. The van der Waals surface area contributed by atoms with Crippen molar-refractivity contribution in [2.75, 3.05) is 13.2 Å². The highest BCUT2D eigenvalue weighted by atomic mass is 16.5. The van der Waals surface area contributed by atoms with Crippen molar-refractivity contribution in [1.29, 1.82) is 0 Å². The van der Waals surface area contributed by atoms with E-state index in [2.05, 4.69) is 29.6 Å². The van der Waals surface area contributed by atoms with Crippen molar-refractivity contribution >= 4 is 18.0 Å². The normalized spacial score (nSPS) is 23.8. The number of nitrogens with one attached hydrogen (secondary N) is 1. The number of aliphatic carboxylic acids is 1. The highest BCUT2D eigenvalue weighted by molar-refractivity contribution is 5.86. The molecule has 5 rings (SSSR count). The molecule has 2 amide bonds. The highest BCUT2D eigenvalue weighted by Crippen LogP contribution is 2.44. The third kappa shape index (κ3) is 4.08. The Morgan fingerprint density at radius 1 is 0.970 bits per heavy atom. The van der Waals surface area contributed by atoms with Crippen LogP contribution in [0.1, 0.15) is 49.1 Å². The Bertz CT molecular complexity index is 1040. The number of likely N-dealkylation sites (tertiary alicyclic amines) is 1. The maximum atomic E-state index is 12.8. The van der Waals surface area contributed by atoms with E-state index in [4.69, 9.17) is 4.74 Å². The molecule has 0 aromatic heterocycles. The maximum absolute atomic E-state index is 12.8. The lowest BCUT2D eigenvalue weighted by Crippen LogP contribution is -2.43. The van der Waals surface area contributed by atoms with Crippen molar-refractivity contribution < 1.29 is 24.2 Å². The molecular weight excluding hydrogens is 420 g/mol. The average molecular weight is 449 g/mol. The molecule has 1 heterocycles. The molecule has 7 nitrogen and oxygen atoms in total. The van der Waals surface area contributed by atoms with Gasteiger partial charge in [-0.25, -0.2) is 9.59 Å². The van der Waals surface area contributed by atoms with Gasteiger partial charge in [-0.2, -0.15) is 0 Å². The lowest BCUT2D eigenvalue weighted by Gasteiger charge is -2.24. The molecule has 1 saturated heterocycles.